The molecule has 0 N–H and O–H groups in total. The van der Waals surface area contributed by atoms with E-state index in [-0.39, 0.29) is 0 Å². The van der Waals surface area contributed by atoms with Crippen LogP contribution in [-0.2, 0) is 6.54 Å². The molecule has 90 valence electrons. The number of rotatable bonds is 7. The van der Waals surface area contributed by atoms with Crippen molar-refractivity contribution in [3.05, 3.63) is 24.2 Å². The van der Waals surface area contributed by atoms with E-state index in [1.807, 2.05) is 6.07 Å². The molecule has 1 aromatic rings. The number of hydrogen-bond donors (Lipinski definition) is 0. The maximum atomic E-state index is 5.44. The Morgan fingerprint density at radius 2 is 2.38 bits per heavy atom. The molecule has 1 aliphatic rings. The van der Waals surface area contributed by atoms with Crippen LogP contribution < -0.4 is 0 Å². The summed E-state index contributed by atoms with van der Waals surface area (Å²) in [5.41, 5.74) is 0. The fraction of sp³-hybridized carbons (Fsp3) is 0.692. The van der Waals surface area contributed by atoms with Crippen molar-refractivity contribution in [2.24, 2.45) is 5.92 Å². The first kappa shape index (κ1) is 12.2. The molecule has 1 atom stereocenters. The van der Waals surface area contributed by atoms with Crippen molar-refractivity contribution in [3.8, 4) is 0 Å². The lowest BCUT2D eigenvalue weighted by Gasteiger charge is -2.25. The van der Waals surface area contributed by atoms with E-state index in [1.54, 1.807) is 6.26 Å². The molecule has 0 amide bonds. The van der Waals surface area contributed by atoms with Crippen molar-refractivity contribution >= 4 is 15.9 Å². The Hall–Kier alpha value is -0.280. The molecule has 1 unspecified atom stereocenters. The molecule has 2 rings (SSSR count). The summed E-state index contributed by atoms with van der Waals surface area (Å²) in [6.45, 7) is 4.43. The Labute approximate surface area is 106 Å². The summed E-state index contributed by atoms with van der Waals surface area (Å²) < 4.78 is 5.44. The average Bonchev–Trinajstić information content (AvgIpc) is 3.03. The van der Waals surface area contributed by atoms with E-state index in [1.165, 1.54) is 25.8 Å². The average molecular weight is 286 g/mol. The van der Waals surface area contributed by atoms with Gasteiger partial charge in [-0.2, -0.15) is 0 Å². The van der Waals surface area contributed by atoms with Crippen molar-refractivity contribution in [1.29, 1.82) is 0 Å². The van der Waals surface area contributed by atoms with Gasteiger partial charge >= 0.3 is 0 Å². The van der Waals surface area contributed by atoms with Crippen LogP contribution in [0.25, 0.3) is 0 Å². The third-order valence-corrected chi connectivity index (χ3v) is 4.21. The van der Waals surface area contributed by atoms with E-state index in [2.05, 4.69) is 33.8 Å². The van der Waals surface area contributed by atoms with Gasteiger partial charge < -0.3 is 4.42 Å². The van der Waals surface area contributed by atoms with E-state index >= 15 is 0 Å². The Kier molecular flexibility index (Phi) is 4.47. The van der Waals surface area contributed by atoms with Crippen molar-refractivity contribution in [2.45, 2.75) is 38.8 Å². The molecule has 2 nitrogen and oxygen atoms in total. The Morgan fingerprint density at radius 1 is 1.56 bits per heavy atom. The smallest absolute Gasteiger partial charge is 0.117 e. The first-order chi connectivity index (χ1) is 7.83. The molecule has 1 aliphatic carbocycles. The standard InChI is InChI=1S/C13H20BrNO/c1-2-11(8-14)9-15(12-5-6-12)10-13-4-3-7-16-13/h3-4,7,11-12H,2,5-6,8-10H2,1H3. The highest BCUT2D eigenvalue weighted by Crippen LogP contribution is 2.29. The largest absolute Gasteiger partial charge is 0.468 e. The normalized spacial score (nSPS) is 17.9. The molecule has 16 heavy (non-hydrogen) atoms. The Morgan fingerprint density at radius 3 is 2.88 bits per heavy atom. The predicted octanol–water partition coefficient (Wildman–Crippen LogP) is 3.67. The number of nitrogens with zero attached hydrogens (tertiary/aromatic N) is 1. The third-order valence-electron chi connectivity index (χ3n) is 3.29. The van der Waals surface area contributed by atoms with Gasteiger partial charge in [-0.3, -0.25) is 4.90 Å². The number of alkyl halides is 1. The van der Waals surface area contributed by atoms with E-state index in [4.69, 9.17) is 4.42 Å². The zero-order valence-electron chi connectivity index (χ0n) is 9.86. The molecular weight excluding hydrogens is 266 g/mol. The first-order valence-electron chi connectivity index (χ1n) is 6.15. The Bertz CT molecular complexity index is 291. The van der Waals surface area contributed by atoms with Gasteiger partial charge in [0.15, 0.2) is 0 Å². The highest BCUT2D eigenvalue weighted by molar-refractivity contribution is 9.09. The molecule has 1 fully saturated rings. The van der Waals surface area contributed by atoms with E-state index in [0.29, 0.717) is 0 Å². The summed E-state index contributed by atoms with van der Waals surface area (Å²) in [4.78, 5) is 2.58. The summed E-state index contributed by atoms with van der Waals surface area (Å²) in [5.74, 6) is 1.85. The maximum absolute atomic E-state index is 5.44. The molecule has 0 spiro atoms. The number of hydrogen-bond acceptors (Lipinski definition) is 2. The highest BCUT2D eigenvalue weighted by atomic mass is 79.9. The first-order valence-corrected chi connectivity index (χ1v) is 7.28. The van der Waals surface area contributed by atoms with Crippen molar-refractivity contribution < 1.29 is 4.42 Å². The van der Waals surface area contributed by atoms with Crippen LogP contribution in [0.4, 0.5) is 0 Å². The van der Waals surface area contributed by atoms with Crippen molar-refractivity contribution in [2.75, 3.05) is 11.9 Å². The molecule has 0 saturated heterocycles. The molecule has 0 aliphatic heterocycles. The van der Waals surface area contributed by atoms with Gasteiger partial charge in [0.25, 0.3) is 0 Å². The second-order valence-electron chi connectivity index (χ2n) is 4.67. The van der Waals surface area contributed by atoms with Gasteiger partial charge in [0, 0.05) is 17.9 Å². The fourth-order valence-corrected chi connectivity index (χ4v) is 2.67. The minimum absolute atomic E-state index is 0.760. The van der Waals surface area contributed by atoms with E-state index in [9.17, 15) is 0 Å². The van der Waals surface area contributed by atoms with Gasteiger partial charge in [0.1, 0.15) is 5.76 Å². The molecule has 0 bridgehead atoms. The monoisotopic (exact) mass is 285 g/mol. The lowest BCUT2D eigenvalue weighted by Crippen LogP contribution is -2.31. The van der Waals surface area contributed by atoms with Gasteiger partial charge in [-0.15, -0.1) is 0 Å². The van der Waals surface area contributed by atoms with Gasteiger partial charge in [-0.25, -0.2) is 0 Å². The predicted molar refractivity (Wildman–Crippen MR) is 69.7 cm³/mol. The molecular formula is C13H20BrNO. The lowest BCUT2D eigenvalue weighted by molar-refractivity contribution is 0.203. The van der Waals surface area contributed by atoms with Gasteiger partial charge in [0.05, 0.1) is 12.8 Å². The van der Waals surface area contributed by atoms with Crippen LogP contribution in [0.2, 0.25) is 0 Å². The molecule has 3 heteroatoms. The van der Waals surface area contributed by atoms with Gasteiger partial charge in [-0.05, 0) is 30.9 Å². The molecule has 1 saturated carbocycles. The topological polar surface area (TPSA) is 16.4 Å². The number of halogens is 1. The second-order valence-corrected chi connectivity index (χ2v) is 5.32. The molecule has 0 radical (unpaired) electrons. The van der Waals surface area contributed by atoms with Crippen LogP contribution >= 0.6 is 15.9 Å². The SMILES string of the molecule is CCC(CBr)CN(Cc1ccco1)C1CC1. The van der Waals surface area contributed by atoms with Gasteiger partial charge in [-0.1, -0.05) is 29.3 Å². The van der Waals surface area contributed by atoms with Crippen LogP contribution in [0.5, 0.6) is 0 Å². The quantitative estimate of drug-likeness (QED) is 0.711. The summed E-state index contributed by atoms with van der Waals surface area (Å²) in [6.07, 6.45) is 5.73. The molecule has 1 aromatic heterocycles. The highest BCUT2D eigenvalue weighted by Gasteiger charge is 2.30. The van der Waals surface area contributed by atoms with Crippen LogP contribution in [0.3, 0.4) is 0 Å². The van der Waals surface area contributed by atoms with Crippen LogP contribution in [0.1, 0.15) is 31.9 Å². The zero-order valence-corrected chi connectivity index (χ0v) is 11.4. The van der Waals surface area contributed by atoms with Crippen LogP contribution in [0.15, 0.2) is 22.8 Å². The second kappa shape index (κ2) is 5.87. The summed E-state index contributed by atoms with van der Waals surface area (Å²) in [7, 11) is 0. The fourth-order valence-electron chi connectivity index (χ4n) is 2.00. The minimum Gasteiger partial charge on any atom is -0.468 e. The van der Waals surface area contributed by atoms with Crippen molar-refractivity contribution in [3.63, 3.8) is 0 Å². The summed E-state index contributed by atoms with van der Waals surface area (Å²) in [5, 5.41) is 1.10. The maximum Gasteiger partial charge on any atom is 0.117 e. The molecule has 1 heterocycles. The molecule has 0 aromatic carbocycles. The van der Waals surface area contributed by atoms with E-state index in [0.717, 1.165) is 29.6 Å². The van der Waals surface area contributed by atoms with Crippen LogP contribution in [0, 0.1) is 5.92 Å². The van der Waals surface area contributed by atoms with E-state index < -0.39 is 0 Å². The Balaban J connectivity index is 1.89. The van der Waals surface area contributed by atoms with Crippen LogP contribution in [-0.4, -0.2) is 22.8 Å². The summed E-state index contributed by atoms with van der Waals surface area (Å²) >= 11 is 3.60. The minimum atomic E-state index is 0.760. The third kappa shape index (κ3) is 3.36. The van der Waals surface area contributed by atoms with Crippen molar-refractivity contribution in [1.82, 2.24) is 4.90 Å². The lowest BCUT2D eigenvalue weighted by atomic mass is 10.1. The number of furan rings is 1. The van der Waals surface area contributed by atoms with Gasteiger partial charge in [0.2, 0.25) is 0 Å². The zero-order chi connectivity index (χ0) is 11.4. The summed E-state index contributed by atoms with van der Waals surface area (Å²) in [6, 6.07) is 4.85.